The number of piperazine rings is 1. The lowest BCUT2D eigenvalue weighted by Gasteiger charge is -2.38. The van der Waals surface area contributed by atoms with Crippen LogP contribution in [0.15, 0.2) is 59.5 Å². The van der Waals surface area contributed by atoms with Crippen LogP contribution in [0.25, 0.3) is 0 Å². The number of nitrogens with zero attached hydrogens (tertiary/aromatic N) is 2. The molecule has 1 aliphatic heterocycles. The summed E-state index contributed by atoms with van der Waals surface area (Å²) in [6, 6.07) is 15.2. The minimum absolute atomic E-state index is 0.199. The van der Waals surface area contributed by atoms with Gasteiger partial charge in [-0.1, -0.05) is 36.4 Å². The minimum atomic E-state index is -3.67. The van der Waals surface area contributed by atoms with E-state index in [1.54, 1.807) is 42.2 Å². The Bertz CT molecular complexity index is 850. The van der Waals surface area contributed by atoms with Crippen LogP contribution in [0.1, 0.15) is 12.5 Å². The van der Waals surface area contributed by atoms with E-state index in [9.17, 15) is 13.2 Å². The number of aryl methyl sites for hydroxylation is 1. The molecule has 6 heteroatoms. The van der Waals surface area contributed by atoms with Crippen molar-refractivity contribution in [1.82, 2.24) is 4.31 Å². The normalized spacial score (nSPS) is 19.5. The number of amides is 1. The van der Waals surface area contributed by atoms with E-state index in [4.69, 9.17) is 0 Å². The molecule has 1 fully saturated rings. The Morgan fingerprint density at radius 1 is 0.958 bits per heavy atom. The first-order chi connectivity index (χ1) is 11.4. The lowest BCUT2D eigenvalue weighted by atomic mass is 10.1. The summed E-state index contributed by atoms with van der Waals surface area (Å²) in [6.45, 7) is 4.21. The third-order valence-corrected chi connectivity index (χ3v) is 6.34. The summed E-state index contributed by atoms with van der Waals surface area (Å²) in [7, 11) is -3.67. The molecule has 0 N–H and O–H groups in total. The van der Waals surface area contributed by atoms with Gasteiger partial charge in [-0.05, 0) is 37.6 Å². The molecule has 24 heavy (non-hydrogen) atoms. The number of hydrogen-bond donors (Lipinski definition) is 0. The maximum absolute atomic E-state index is 12.8. The van der Waals surface area contributed by atoms with Gasteiger partial charge in [0.15, 0.2) is 0 Å². The average molecular weight is 344 g/mol. The molecule has 2 aromatic carbocycles. The molecular weight excluding hydrogens is 324 g/mol. The quantitative estimate of drug-likeness (QED) is 0.859. The molecule has 1 saturated heterocycles. The number of carbonyl (C=O) groups is 1. The van der Waals surface area contributed by atoms with Crippen molar-refractivity contribution in [2.24, 2.45) is 0 Å². The van der Waals surface area contributed by atoms with E-state index in [-0.39, 0.29) is 17.3 Å². The number of para-hydroxylation sites is 1. The van der Waals surface area contributed by atoms with E-state index < -0.39 is 16.1 Å². The van der Waals surface area contributed by atoms with E-state index in [0.717, 1.165) is 11.3 Å². The van der Waals surface area contributed by atoms with E-state index in [1.165, 1.54) is 4.31 Å². The molecule has 1 amide bonds. The second kappa shape index (κ2) is 6.37. The molecule has 0 spiro atoms. The Morgan fingerprint density at radius 2 is 1.58 bits per heavy atom. The summed E-state index contributed by atoms with van der Waals surface area (Å²) in [6.07, 6.45) is 0. The van der Waals surface area contributed by atoms with Gasteiger partial charge < -0.3 is 4.90 Å². The number of hydrogen-bond acceptors (Lipinski definition) is 3. The summed E-state index contributed by atoms with van der Waals surface area (Å²) in [5, 5.41) is 0. The zero-order valence-electron chi connectivity index (χ0n) is 13.7. The van der Waals surface area contributed by atoms with Crippen LogP contribution in [0.3, 0.4) is 0 Å². The smallest absolute Gasteiger partial charge is 0.245 e. The lowest BCUT2D eigenvalue weighted by Crippen LogP contribution is -2.57. The minimum Gasteiger partial charge on any atom is -0.309 e. The molecule has 5 nitrogen and oxygen atoms in total. The molecule has 2 aromatic rings. The van der Waals surface area contributed by atoms with Gasteiger partial charge in [0.1, 0.15) is 6.04 Å². The third kappa shape index (κ3) is 2.83. The largest absolute Gasteiger partial charge is 0.309 e. The van der Waals surface area contributed by atoms with Crippen LogP contribution in [-0.4, -0.2) is 37.8 Å². The first kappa shape index (κ1) is 16.7. The van der Waals surface area contributed by atoms with Gasteiger partial charge in [0.25, 0.3) is 0 Å². The molecule has 3 rings (SSSR count). The maximum atomic E-state index is 12.8. The number of sulfonamides is 1. The van der Waals surface area contributed by atoms with Crippen molar-refractivity contribution in [3.8, 4) is 0 Å². The summed E-state index contributed by atoms with van der Waals surface area (Å²) in [5.74, 6) is -0.199. The summed E-state index contributed by atoms with van der Waals surface area (Å²) in [5.41, 5.74) is 1.84. The SMILES string of the molecule is Cc1ccccc1N1CCN(S(=O)(=O)c2ccccc2)C(C)C1=O. The predicted octanol–water partition coefficient (Wildman–Crippen LogP) is 2.42. The van der Waals surface area contributed by atoms with Gasteiger partial charge in [-0.3, -0.25) is 4.79 Å². The second-order valence-corrected chi connectivity index (χ2v) is 7.77. The van der Waals surface area contributed by atoms with Crippen molar-refractivity contribution >= 4 is 21.6 Å². The van der Waals surface area contributed by atoms with Crippen LogP contribution in [0.4, 0.5) is 5.69 Å². The lowest BCUT2D eigenvalue weighted by molar-refractivity contribution is -0.123. The van der Waals surface area contributed by atoms with Crippen LogP contribution in [0.5, 0.6) is 0 Å². The van der Waals surface area contributed by atoms with E-state index >= 15 is 0 Å². The van der Waals surface area contributed by atoms with Crippen LogP contribution < -0.4 is 4.90 Å². The predicted molar refractivity (Wildman–Crippen MR) is 93.3 cm³/mol. The van der Waals surface area contributed by atoms with E-state index in [2.05, 4.69) is 0 Å². The van der Waals surface area contributed by atoms with Gasteiger partial charge >= 0.3 is 0 Å². The van der Waals surface area contributed by atoms with Gasteiger partial charge in [-0.15, -0.1) is 0 Å². The fourth-order valence-electron chi connectivity index (χ4n) is 3.01. The number of carbonyl (C=O) groups excluding carboxylic acids is 1. The molecule has 0 bridgehead atoms. The van der Waals surface area contributed by atoms with Crippen LogP contribution in [-0.2, 0) is 14.8 Å². The molecule has 1 atom stereocenters. The van der Waals surface area contributed by atoms with Gasteiger partial charge in [0, 0.05) is 18.8 Å². The highest BCUT2D eigenvalue weighted by molar-refractivity contribution is 7.89. The van der Waals surface area contributed by atoms with E-state index in [1.807, 2.05) is 31.2 Å². The Labute approximate surface area is 142 Å². The second-order valence-electron chi connectivity index (χ2n) is 5.88. The highest BCUT2D eigenvalue weighted by Crippen LogP contribution is 2.27. The van der Waals surface area contributed by atoms with Crippen LogP contribution in [0.2, 0.25) is 0 Å². The molecular formula is C18H20N2O3S. The molecule has 1 heterocycles. The topological polar surface area (TPSA) is 57.7 Å². The van der Waals surface area contributed by atoms with Crippen molar-refractivity contribution in [2.75, 3.05) is 18.0 Å². The van der Waals surface area contributed by atoms with Crippen molar-refractivity contribution in [3.05, 3.63) is 60.2 Å². The Hall–Kier alpha value is -2.18. The number of anilines is 1. The third-order valence-electron chi connectivity index (χ3n) is 4.36. The molecule has 126 valence electrons. The fourth-order valence-corrected chi connectivity index (χ4v) is 4.61. The number of benzene rings is 2. The number of rotatable bonds is 3. The monoisotopic (exact) mass is 344 g/mol. The Kier molecular flexibility index (Phi) is 4.43. The summed E-state index contributed by atoms with van der Waals surface area (Å²) < 4.78 is 26.9. The Balaban J connectivity index is 1.90. The van der Waals surface area contributed by atoms with Crippen LogP contribution in [0, 0.1) is 6.92 Å². The van der Waals surface area contributed by atoms with Crippen molar-refractivity contribution in [2.45, 2.75) is 24.8 Å². The average Bonchev–Trinajstić information content (AvgIpc) is 2.59. The zero-order chi connectivity index (χ0) is 17.3. The van der Waals surface area contributed by atoms with Crippen LogP contribution >= 0.6 is 0 Å². The summed E-state index contributed by atoms with van der Waals surface area (Å²) >= 11 is 0. The van der Waals surface area contributed by atoms with Gasteiger partial charge in [0.2, 0.25) is 15.9 Å². The summed E-state index contributed by atoms with van der Waals surface area (Å²) in [4.78, 5) is 14.7. The molecule has 0 radical (unpaired) electrons. The highest BCUT2D eigenvalue weighted by atomic mass is 32.2. The van der Waals surface area contributed by atoms with Crippen molar-refractivity contribution in [3.63, 3.8) is 0 Å². The van der Waals surface area contributed by atoms with Gasteiger partial charge in [0.05, 0.1) is 4.90 Å². The highest BCUT2D eigenvalue weighted by Gasteiger charge is 2.39. The van der Waals surface area contributed by atoms with Crippen molar-refractivity contribution < 1.29 is 13.2 Å². The molecule has 1 aliphatic rings. The molecule has 1 unspecified atom stereocenters. The van der Waals surface area contributed by atoms with Gasteiger partial charge in [-0.25, -0.2) is 8.42 Å². The van der Waals surface area contributed by atoms with E-state index in [0.29, 0.717) is 6.54 Å². The van der Waals surface area contributed by atoms with Crippen molar-refractivity contribution in [1.29, 1.82) is 0 Å². The zero-order valence-corrected chi connectivity index (χ0v) is 14.5. The first-order valence-electron chi connectivity index (χ1n) is 7.87. The molecule has 0 aromatic heterocycles. The molecule has 0 saturated carbocycles. The van der Waals surface area contributed by atoms with Gasteiger partial charge in [-0.2, -0.15) is 4.31 Å². The first-order valence-corrected chi connectivity index (χ1v) is 9.31. The maximum Gasteiger partial charge on any atom is 0.245 e. The fraction of sp³-hybridized carbons (Fsp3) is 0.278. The standard InChI is InChI=1S/C18H20N2O3S/c1-14-8-6-7-11-17(14)19-12-13-20(15(2)18(19)21)24(22,23)16-9-4-3-5-10-16/h3-11,15H,12-13H2,1-2H3. The molecule has 0 aliphatic carbocycles. The Morgan fingerprint density at radius 3 is 2.25 bits per heavy atom.